The maximum atomic E-state index is 12.8. The molecule has 0 bridgehead atoms. The van der Waals surface area contributed by atoms with Crippen molar-refractivity contribution in [3.05, 3.63) is 18.2 Å². The van der Waals surface area contributed by atoms with E-state index >= 15 is 0 Å². The van der Waals surface area contributed by atoms with Crippen molar-refractivity contribution < 1.29 is 13.2 Å². The molecule has 1 aromatic rings. The van der Waals surface area contributed by atoms with Crippen molar-refractivity contribution in [2.45, 2.75) is 24.0 Å². The van der Waals surface area contributed by atoms with E-state index in [0.29, 0.717) is 36.4 Å². The number of thioether (sulfide) groups is 1. The quantitative estimate of drug-likeness (QED) is 0.858. The lowest BCUT2D eigenvalue weighted by molar-refractivity contribution is 0.329. The molecule has 1 heterocycles. The molecular formula is C13H20N2O3S2. The largest absolute Gasteiger partial charge is 0.492 e. The second kappa shape index (κ2) is 6.24. The third-order valence-electron chi connectivity index (χ3n) is 3.09. The van der Waals surface area contributed by atoms with Crippen LogP contribution in [-0.4, -0.2) is 43.4 Å². The van der Waals surface area contributed by atoms with Crippen LogP contribution in [0.5, 0.6) is 5.75 Å². The van der Waals surface area contributed by atoms with Crippen LogP contribution < -0.4 is 10.5 Å². The topological polar surface area (TPSA) is 72.6 Å². The Morgan fingerprint density at radius 3 is 2.90 bits per heavy atom. The zero-order valence-electron chi connectivity index (χ0n) is 11.7. The molecule has 1 fully saturated rings. The van der Waals surface area contributed by atoms with Gasteiger partial charge in [-0.15, -0.1) is 0 Å². The Balaban J connectivity index is 2.40. The van der Waals surface area contributed by atoms with Gasteiger partial charge in [0.1, 0.15) is 10.6 Å². The van der Waals surface area contributed by atoms with Crippen LogP contribution in [0.3, 0.4) is 0 Å². The average Bonchev–Trinajstić information content (AvgIpc) is 2.41. The van der Waals surface area contributed by atoms with Crippen LogP contribution in [-0.2, 0) is 10.0 Å². The van der Waals surface area contributed by atoms with Crippen molar-refractivity contribution in [3.63, 3.8) is 0 Å². The molecule has 2 N–H and O–H groups in total. The van der Waals surface area contributed by atoms with Crippen molar-refractivity contribution in [1.29, 1.82) is 0 Å². The number of nitrogens with zero attached hydrogens (tertiary/aromatic N) is 1. The van der Waals surface area contributed by atoms with Crippen molar-refractivity contribution in [1.82, 2.24) is 4.31 Å². The van der Waals surface area contributed by atoms with E-state index in [4.69, 9.17) is 10.5 Å². The zero-order chi connectivity index (χ0) is 14.8. The summed E-state index contributed by atoms with van der Waals surface area (Å²) >= 11 is 1.79. The third-order valence-corrected chi connectivity index (χ3v) is 6.11. The van der Waals surface area contributed by atoms with E-state index in [1.807, 2.05) is 13.8 Å². The number of hydrogen-bond acceptors (Lipinski definition) is 5. The summed E-state index contributed by atoms with van der Waals surface area (Å²) in [6.45, 7) is 5.32. The first-order valence-corrected chi connectivity index (χ1v) is 9.08. The Labute approximate surface area is 124 Å². The summed E-state index contributed by atoms with van der Waals surface area (Å²) in [6, 6.07) is 4.75. The number of rotatable bonds is 4. The highest BCUT2D eigenvalue weighted by Crippen LogP contribution is 2.31. The van der Waals surface area contributed by atoms with E-state index in [1.54, 1.807) is 23.9 Å². The van der Waals surface area contributed by atoms with Gasteiger partial charge in [0, 0.05) is 29.8 Å². The van der Waals surface area contributed by atoms with Crippen LogP contribution in [0.25, 0.3) is 0 Å². The van der Waals surface area contributed by atoms with Gasteiger partial charge in [-0.1, -0.05) is 6.92 Å². The number of hydrogen-bond donors (Lipinski definition) is 1. The number of sulfonamides is 1. The fourth-order valence-corrected chi connectivity index (χ4v) is 5.06. The SMILES string of the molecule is CCOc1ccc(N)cc1S(=O)(=O)N1CCSC(C)C1. The molecule has 112 valence electrons. The first kappa shape index (κ1) is 15.5. The Bertz CT molecular complexity index is 575. The monoisotopic (exact) mass is 316 g/mol. The molecule has 1 aliphatic rings. The average molecular weight is 316 g/mol. The lowest BCUT2D eigenvalue weighted by Gasteiger charge is -2.30. The Morgan fingerprint density at radius 2 is 2.25 bits per heavy atom. The molecule has 0 spiro atoms. The van der Waals surface area contributed by atoms with Crippen molar-refractivity contribution in [3.8, 4) is 5.75 Å². The number of nitrogen functional groups attached to an aromatic ring is 1. The fraction of sp³-hybridized carbons (Fsp3) is 0.538. The van der Waals surface area contributed by atoms with Crippen LogP contribution >= 0.6 is 11.8 Å². The Morgan fingerprint density at radius 1 is 1.50 bits per heavy atom. The van der Waals surface area contributed by atoms with E-state index in [-0.39, 0.29) is 4.90 Å². The third kappa shape index (κ3) is 3.21. The number of benzene rings is 1. The van der Waals surface area contributed by atoms with Gasteiger partial charge in [-0.2, -0.15) is 16.1 Å². The summed E-state index contributed by atoms with van der Waals surface area (Å²) in [5.41, 5.74) is 6.16. The maximum Gasteiger partial charge on any atom is 0.246 e. The lowest BCUT2D eigenvalue weighted by atomic mass is 10.3. The molecule has 20 heavy (non-hydrogen) atoms. The van der Waals surface area contributed by atoms with Crippen LogP contribution in [0.4, 0.5) is 5.69 Å². The van der Waals surface area contributed by atoms with E-state index in [9.17, 15) is 8.42 Å². The molecule has 0 aromatic heterocycles. The fourth-order valence-electron chi connectivity index (χ4n) is 2.14. The molecule has 0 aliphatic carbocycles. The van der Waals surface area contributed by atoms with Gasteiger partial charge in [-0.05, 0) is 25.1 Å². The molecule has 1 aromatic carbocycles. The minimum Gasteiger partial charge on any atom is -0.492 e. The van der Waals surface area contributed by atoms with Gasteiger partial charge >= 0.3 is 0 Å². The Kier molecular flexibility index (Phi) is 4.82. The summed E-state index contributed by atoms with van der Waals surface area (Å²) in [4.78, 5) is 0.165. The van der Waals surface area contributed by atoms with Crippen molar-refractivity contribution in [2.75, 3.05) is 31.2 Å². The smallest absolute Gasteiger partial charge is 0.246 e. The highest BCUT2D eigenvalue weighted by Gasteiger charge is 2.31. The minimum absolute atomic E-state index is 0.165. The molecule has 2 rings (SSSR count). The maximum absolute atomic E-state index is 12.8. The second-order valence-corrected chi connectivity index (χ2v) is 8.14. The van der Waals surface area contributed by atoms with Gasteiger partial charge in [-0.25, -0.2) is 8.42 Å². The predicted octanol–water partition coefficient (Wildman–Crippen LogP) is 1.79. The molecular weight excluding hydrogens is 296 g/mol. The van der Waals surface area contributed by atoms with Gasteiger partial charge in [0.25, 0.3) is 0 Å². The van der Waals surface area contributed by atoms with E-state index in [2.05, 4.69) is 0 Å². The number of ether oxygens (including phenoxy) is 1. The summed E-state index contributed by atoms with van der Waals surface area (Å²) < 4.78 is 32.5. The number of anilines is 1. The second-order valence-electron chi connectivity index (χ2n) is 4.68. The van der Waals surface area contributed by atoms with E-state index < -0.39 is 10.0 Å². The molecule has 0 amide bonds. The molecule has 0 saturated carbocycles. The predicted molar refractivity (Wildman–Crippen MR) is 82.7 cm³/mol. The first-order valence-electron chi connectivity index (χ1n) is 6.59. The summed E-state index contributed by atoms with van der Waals surface area (Å²) in [5.74, 6) is 1.18. The molecule has 0 radical (unpaired) electrons. The molecule has 5 nitrogen and oxygen atoms in total. The van der Waals surface area contributed by atoms with Crippen LogP contribution in [0.2, 0.25) is 0 Å². The van der Waals surface area contributed by atoms with Gasteiger partial charge in [0.15, 0.2) is 0 Å². The number of nitrogens with two attached hydrogens (primary N) is 1. The van der Waals surface area contributed by atoms with Gasteiger partial charge < -0.3 is 10.5 Å². The van der Waals surface area contributed by atoms with Crippen LogP contribution in [0.1, 0.15) is 13.8 Å². The molecule has 1 atom stereocenters. The Hall–Kier alpha value is -0.920. The van der Waals surface area contributed by atoms with Gasteiger partial charge in [0.05, 0.1) is 6.61 Å². The van der Waals surface area contributed by atoms with Crippen molar-refractivity contribution in [2.24, 2.45) is 0 Å². The molecule has 1 unspecified atom stereocenters. The van der Waals surface area contributed by atoms with Crippen LogP contribution in [0, 0.1) is 0 Å². The first-order chi connectivity index (χ1) is 9.45. The lowest BCUT2D eigenvalue weighted by Crippen LogP contribution is -2.41. The van der Waals surface area contributed by atoms with Crippen LogP contribution in [0.15, 0.2) is 23.1 Å². The molecule has 1 aliphatic heterocycles. The normalized spacial score (nSPS) is 20.8. The zero-order valence-corrected chi connectivity index (χ0v) is 13.3. The summed E-state index contributed by atoms with van der Waals surface area (Å²) in [5, 5.41) is 0.301. The minimum atomic E-state index is -3.56. The summed E-state index contributed by atoms with van der Waals surface area (Å²) in [7, 11) is -3.56. The van der Waals surface area contributed by atoms with Gasteiger partial charge in [0.2, 0.25) is 10.0 Å². The summed E-state index contributed by atoms with van der Waals surface area (Å²) in [6.07, 6.45) is 0. The van der Waals surface area contributed by atoms with E-state index in [0.717, 1.165) is 5.75 Å². The van der Waals surface area contributed by atoms with E-state index in [1.165, 1.54) is 10.4 Å². The van der Waals surface area contributed by atoms with Crippen molar-refractivity contribution >= 4 is 27.5 Å². The highest BCUT2D eigenvalue weighted by atomic mass is 32.2. The molecule has 7 heteroatoms. The van der Waals surface area contributed by atoms with Gasteiger partial charge in [-0.3, -0.25) is 0 Å². The highest BCUT2D eigenvalue weighted by molar-refractivity contribution is 8.00. The molecule has 1 saturated heterocycles. The standard InChI is InChI=1S/C13H20N2O3S2/c1-3-18-12-5-4-11(14)8-13(12)20(16,17)15-6-7-19-10(2)9-15/h4-5,8,10H,3,6-7,9,14H2,1-2H3.